The largest absolute Gasteiger partial charge is 0.384 e. The third kappa shape index (κ3) is 4.93. The molecule has 0 spiro atoms. The molecule has 28 heavy (non-hydrogen) atoms. The molecule has 0 bridgehead atoms. The standard InChI is InChI=1S/C20H19N3O4S/c24-23(25)19-10-8-18(9-11-19)21-14-15-22-28(26,27)20-12-6-17(7-13-20)16-4-2-1-3-5-16/h1-13,21-22H,14-15H2. The van der Waals surface area contributed by atoms with Gasteiger partial charge in [0, 0.05) is 30.9 Å². The molecular weight excluding hydrogens is 378 g/mol. The Labute approximate surface area is 163 Å². The molecule has 0 aromatic heterocycles. The molecule has 8 heteroatoms. The van der Waals surface area contributed by atoms with Gasteiger partial charge in [-0.1, -0.05) is 42.5 Å². The molecule has 144 valence electrons. The van der Waals surface area contributed by atoms with Crippen molar-refractivity contribution in [2.75, 3.05) is 18.4 Å². The van der Waals surface area contributed by atoms with E-state index in [9.17, 15) is 18.5 Å². The smallest absolute Gasteiger partial charge is 0.269 e. The molecule has 0 atom stereocenters. The summed E-state index contributed by atoms with van der Waals surface area (Å²) >= 11 is 0. The predicted octanol–water partition coefficient (Wildman–Crippen LogP) is 3.65. The molecule has 2 N–H and O–H groups in total. The van der Waals surface area contributed by atoms with Crippen LogP contribution in [0.5, 0.6) is 0 Å². The van der Waals surface area contributed by atoms with Crippen LogP contribution in [-0.4, -0.2) is 26.4 Å². The van der Waals surface area contributed by atoms with E-state index >= 15 is 0 Å². The van der Waals surface area contributed by atoms with Gasteiger partial charge in [-0.15, -0.1) is 0 Å². The number of sulfonamides is 1. The molecule has 0 heterocycles. The van der Waals surface area contributed by atoms with Crippen molar-refractivity contribution in [3.05, 3.63) is 89.0 Å². The van der Waals surface area contributed by atoms with Crippen LogP contribution in [-0.2, 0) is 10.0 Å². The lowest BCUT2D eigenvalue weighted by molar-refractivity contribution is -0.384. The molecule has 0 saturated heterocycles. The Morgan fingerprint density at radius 3 is 2.00 bits per heavy atom. The van der Waals surface area contributed by atoms with Crippen LogP contribution in [0.2, 0.25) is 0 Å². The van der Waals surface area contributed by atoms with Gasteiger partial charge in [0.25, 0.3) is 5.69 Å². The van der Waals surface area contributed by atoms with Crippen molar-refractivity contribution in [2.24, 2.45) is 0 Å². The molecule has 0 aliphatic rings. The molecule has 3 rings (SSSR count). The Morgan fingerprint density at radius 2 is 1.39 bits per heavy atom. The summed E-state index contributed by atoms with van der Waals surface area (Å²) in [5.41, 5.74) is 2.65. The minimum absolute atomic E-state index is 0.00482. The molecule has 7 nitrogen and oxygen atoms in total. The Morgan fingerprint density at radius 1 is 0.786 bits per heavy atom. The Kier molecular flexibility index (Phi) is 6.03. The average Bonchev–Trinajstić information content (AvgIpc) is 2.72. The van der Waals surface area contributed by atoms with E-state index in [1.165, 1.54) is 12.1 Å². The third-order valence-electron chi connectivity index (χ3n) is 4.10. The van der Waals surface area contributed by atoms with Crippen LogP contribution in [0, 0.1) is 10.1 Å². The van der Waals surface area contributed by atoms with E-state index in [4.69, 9.17) is 0 Å². The highest BCUT2D eigenvalue weighted by molar-refractivity contribution is 7.89. The summed E-state index contributed by atoms with van der Waals surface area (Å²) < 4.78 is 27.3. The van der Waals surface area contributed by atoms with E-state index in [0.717, 1.165) is 11.1 Å². The molecule has 0 aliphatic carbocycles. The molecule has 0 fully saturated rings. The highest BCUT2D eigenvalue weighted by atomic mass is 32.2. The molecule has 0 unspecified atom stereocenters. The number of rotatable bonds is 8. The maximum atomic E-state index is 12.4. The summed E-state index contributed by atoms with van der Waals surface area (Å²) in [7, 11) is -3.61. The lowest BCUT2D eigenvalue weighted by Gasteiger charge is -2.09. The first-order valence-electron chi connectivity index (χ1n) is 8.59. The highest BCUT2D eigenvalue weighted by Crippen LogP contribution is 2.21. The van der Waals surface area contributed by atoms with Crippen molar-refractivity contribution in [1.29, 1.82) is 0 Å². The normalized spacial score (nSPS) is 11.1. The summed E-state index contributed by atoms with van der Waals surface area (Å²) in [6, 6.07) is 22.4. The molecule has 3 aromatic carbocycles. The minimum atomic E-state index is -3.61. The summed E-state index contributed by atoms with van der Waals surface area (Å²) in [6.45, 7) is 0.527. The topological polar surface area (TPSA) is 101 Å². The van der Waals surface area contributed by atoms with Gasteiger partial charge < -0.3 is 5.32 Å². The van der Waals surface area contributed by atoms with E-state index in [2.05, 4.69) is 10.0 Å². The Hall–Kier alpha value is -3.23. The SMILES string of the molecule is O=[N+]([O-])c1ccc(NCCNS(=O)(=O)c2ccc(-c3ccccc3)cc2)cc1. The number of nitrogens with one attached hydrogen (secondary N) is 2. The zero-order chi connectivity index (χ0) is 20.0. The zero-order valence-electron chi connectivity index (χ0n) is 14.9. The van der Waals surface area contributed by atoms with Crippen molar-refractivity contribution >= 4 is 21.4 Å². The molecule has 0 aliphatic heterocycles. The second kappa shape index (κ2) is 8.64. The van der Waals surface area contributed by atoms with Crippen molar-refractivity contribution in [2.45, 2.75) is 4.90 Å². The summed E-state index contributed by atoms with van der Waals surface area (Å²) in [6.07, 6.45) is 0. The highest BCUT2D eigenvalue weighted by Gasteiger charge is 2.13. The lowest BCUT2D eigenvalue weighted by atomic mass is 10.1. The number of nitrogens with zero attached hydrogens (tertiary/aromatic N) is 1. The van der Waals surface area contributed by atoms with Crippen molar-refractivity contribution in [3.8, 4) is 11.1 Å². The second-order valence-electron chi connectivity index (χ2n) is 6.02. The average molecular weight is 397 g/mol. The van der Waals surface area contributed by atoms with Gasteiger partial charge in [-0.3, -0.25) is 10.1 Å². The predicted molar refractivity (Wildman–Crippen MR) is 109 cm³/mol. The fourth-order valence-electron chi connectivity index (χ4n) is 2.63. The molecule has 0 radical (unpaired) electrons. The number of benzene rings is 3. The van der Waals surface area contributed by atoms with Gasteiger partial charge in [-0.25, -0.2) is 13.1 Å². The van der Waals surface area contributed by atoms with Crippen LogP contribution in [0.1, 0.15) is 0 Å². The van der Waals surface area contributed by atoms with Crippen molar-refractivity contribution in [1.82, 2.24) is 4.72 Å². The van der Waals surface area contributed by atoms with Crippen molar-refractivity contribution in [3.63, 3.8) is 0 Å². The van der Waals surface area contributed by atoms with Crippen LogP contribution in [0.15, 0.2) is 83.8 Å². The first kappa shape index (κ1) is 19.5. The maximum absolute atomic E-state index is 12.4. The summed E-state index contributed by atoms with van der Waals surface area (Å²) in [4.78, 5) is 10.4. The number of non-ortho nitro benzene ring substituents is 1. The quantitative estimate of drug-likeness (QED) is 0.343. The second-order valence-corrected chi connectivity index (χ2v) is 7.79. The van der Waals surface area contributed by atoms with Gasteiger partial charge in [-0.05, 0) is 35.4 Å². The van der Waals surface area contributed by atoms with Gasteiger partial charge in [0.2, 0.25) is 10.0 Å². The number of hydrogen-bond acceptors (Lipinski definition) is 5. The molecule has 0 amide bonds. The fraction of sp³-hybridized carbons (Fsp3) is 0.100. The van der Waals surface area contributed by atoms with E-state index in [0.29, 0.717) is 12.2 Å². The van der Waals surface area contributed by atoms with Crippen LogP contribution >= 0.6 is 0 Å². The molecular formula is C20H19N3O4S. The van der Waals surface area contributed by atoms with E-state index < -0.39 is 14.9 Å². The van der Waals surface area contributed by atoms with E-state index in [1.807, 2.05) is 30.3 Å². The number of hydrogen-bond donors (Lipinski definition) is 2. The zero-order valence-corrected chi connectivity index (χ0v) is 15.7. The van der Waals surface area contributed by atoms with Crippen LogP contribution < -0.4 is 10.0 Å². The first-order valence-corrected chi connectivity index (χ1v) is 10.1. The Balaban J connectivity index is 1.54. The van der Waals surface area contributed by atoms with Crippen LogP contribution in [0.4, 0.5) is 11.4 Å². The monoisotopic (exact) mass is 397 g/mol. The van der Waals surface area contributed by atoms with Gasteiger partial charge in [0.05, 0.1) is 9.82 Å². The lowest BCUT2D eigenvalue weighted by Crippen LogP contribution is -2.28. The number of anilines is 1. The van der Waals surface area contributed by atoms with Gasteiger partial charge >= 0.3 is 0 Å². The number of nitro benzene ring substituents is 1. The van der Waals surface area contributed by atoms with Gasteiger partial charge in [-0.2, -0.15) is 0 Å². The third-order valence-corrected chi connectivity index (χ3v) is 5.57. The van der Waals surface area contributed by atoms with E-state index in [1.54, 1.807) is 36.4 Å². The van der Waals surface area contributed by atoms with E-state index in [-0.39, 0.29) is 17.1 Å². The maximum Gasteiger partial charge on any atom is 0.269 e. The molecule has 3 aromatic rings. The Bertz CT molecular complexity index is 1040. The summed E-state index contributed by atoms with van der Waals surface area (Å²) in [5.74, 6) is 0. The minimum Gasteiger partial charge on any atom is -0.384 e. The fourth-order valence-corrected chi connectivity index (χ4v) is 3.67. The van der Waals surface area contributed by atoms with Crippen LogP contribution in [0.3, 0.4) is 0 Å². The van der Waals surface area contributed by atoms with Crippen molar-refractivity contribution < 1.29 is 13.3 Å². The number of nitro groups is 1. The first-order chi connectivity index (χ1) is 13.5. The summed E-state index contributed by atoms with van der Waals surface area (Å²) in [5, 5.41) is 13.6. The molecule has 0 saturated carbocycles. The van der Waals surface area contributed by atoms with Crippen LogP contribution in [0.25, 0.3) is 11.1 Å². The van der Waals surface area contributed by atoms with Gasteiger partial charge in [0.15, 0.2) is 0 Å². The van der Waals surface area contributed by atoms with Gasteiger partial charge in [0.1, 0.15) is 0 Å².